The van der Waals surface area contributed by atoms with Crippen LogP contribution in [0.1, 0.15) is 27.5 Å². The minimum Gasteiger partial charge on any atom is -0.496 e. The van der Waals surface area contributed by atoms with Crippen molar-refractivity contribution in [2.75, 3.05) is 27.7 Å². The monoisotopic (exact) mass is 357 g/mol. The van der Waals surface area contributed by atoms with Gasteiger partial charge in [-0.25, -0.2) is 0 Å². The molecular formula is C19H23N3O4. The quantitative estimate of drug-likeness (QED) is 0.608. The number of methoxy groups -OCH3 is 1. The first-order chi connectivity index (χ1) is 12.3. The van der Waals surface area contributed by atoms with Crippen LogP contribution in [0.25, 0.3) is 0 Å². The molecule has 1 N–H and O–H groups in total. The van der Waals surface area contributed by atoms with E-state index < -0.39 is 4.92 Å². The molecule has 138 valence electrons. The van der Waals surface area contributed by atoms with Gasteiger partial charge in [0.25, 0.3) is 11.6 Å². The predicted octanol–water partition coefficient (Wildman–Crippen LogP) is 2.94. The van der Waals surface area contributed by atoms with E-state index in [1.807, 2.05) is 43.3 Å². The molecule has 0 fully saturated rings. The second-order valence-electron chi connectivity index (χ2n) is 6.19. The SMILES string of the molecule is COc1ccccc1[C@@H](CNC(=O)c1ccc([N+](=O)[O-])c(C)c1)N(C)C. The predicted molar refractivity (Wildman–Crippen MR) is 99.6 cm³/mol. The van der Waals surface area contributed by atoms with Crippen molar-refractivity contribution in [1.29, 1.82) is 0 Å². The zero-order valence-electron chi connectivity index (χ0n) is 15.4. The van der Waals surface area contributed by atoms with E-state index in [-0.39, 0.29) is 17.6 Å². The molecule has 0 aliphatic rings. The highest BCUT2D eigenvalue weighted by molar-refractivity contribution is 5.94. The van der Waals surface area contributed by atoms with Crippen LogP contribution in [-0.4, -0.2) is 43.5 Å². The number of para-hydroxylation sites is 1. The molecule has 0 aromatic heterocycles. The van der Waals surface area contributed by atoms with Crippen molar-refractivity contribution in [1.82, 2.24) is 10.2 Å². The van der Waals surface area contributed by atoms with Gasteiger partial charge in [0.05, 0.1) is 18.1 Å². The largest absolute Gasteiger partial charge is 0.496 e. The molecule has 7 heteroatoms. The lowest BCUT2D eigenvalue weighted by Crippen LogP contribution is -2.34. The molecule has 0 aliphatic heterocycles. The number of hydrogen-bond acceptors (Lipinski definition) is 5. The van der Waals surface area contributed by atoms with Gasteiger partial charge < -0.3 is 15.0 Å². The molecule has 2 aromatic rings. The zero-order valence-corrected chi connectivity index (χ0v) is 15.4. The molecule has 0 saturated carbocycles. The Bertz CT molecular complexity index is 805. The normalized spacial score (nSPS) is 11.9. The van der Waals surface area contributed by atoms with Gasteiger partial charge in [-0.05, 0) is 39.2 Å². The van der Waals surface area contributed by atoms with Crippen LogP contribution < -0.4 is 10.1 Å². The van der Waals surface area contributed by atoms with Crippen molar-refractivity contribution in [3.8, 4) is 5.75 Å². The number of likely N-dealkylation sites (N-methyl/N-ethyl adjacent to an activating group) is 1. The van der Waals surface area contributed by atoms with Gasteiger partial charge in [0.15, 0.2) is 0 Å². The van der Waals surface area contributed by atoms with Crippen LogP contribution in [0.3, 0.4) is 0 Å². The summed E-state index contributed by atoms with van der Waals surface area (Å²) in [6.45, 7) is 1.99. The Balaban J connectivity index is 2.15. The summed E-state index contributed by atoms with van der Waals surface area (Å²) in [7, 11) is 5.47. The number of hydrogen-bond donors (Lipinski definition) is 1. The lowest BCUT2D eigenvalue weighted by Gasteiger charge is -2.26. The number of nitro benzene ring substituents is 1. The number of nitrogens with one attached hydrogen (secondary N) is 1. The van der Waals surface area contributed by atoms with E-state index in [1.54, 1.807) is 14.0 Å². The van der Waals surface area contributed by atoms with E-state index in [4.69, 9.17) is 4.74 Å². The van der Waals surface area contributed by atoms with Gasteiger partial charge in [0, 0.05) is 29.3 Å². The van der Waals surface area contributed by atoms with Crippen LogP contribution >= 0.6 is 0 Å². The van der Waals surface area contributed by atoms with Crippen molar-refractivity contribution >= 4 is 11.6 Å². The number of nitrogens with zero attached hydrogens (tertiary/aromatic N) is 2. The fourth-order valence-electron chi connectivity index (χ4n) is 2.81. The van der Waals surface area contributed by atoms with E-state index in [9.17, 15) is 14.9 Å². The Kier molecular flexibility index (Phi) is 6.30. The number of benzene rings is 2. The second kappa shape index (κ2) is 8.44. The molecule has 0 spiro atoms. The minimum atomic E-state index is -0.458. The zero-order chi connectivity index (χ0) is 19.3. The third-order valence-corrected chi connectivity index (χ3v) is 4.23. The maximum absolute atomic E-state index is 12.5. The van der Waals surface area contributed by atoms with Crippen LogP contribution in [0.2, 0.25) is 0 Å². The van der Waals surface area contributed by atoms with Gasteiger partial charge in [-0.1, -0.05) is 18.2 Å². The van der Waals surface area contributed by atoms with Crippen LogP contribution in [0.15, 0.2) is 42.5 Å². The van der Waals surface area contributed by atoms with Crippen molar-refractivity contribution in [3.05, 3.63) is 69.3 Å². The Hall–Kier alpha value is -2.93. The summed E-state index contributed by atoms with van der Waals surface area (Å²) >= 11 is 0. The molecule has 2 aromatic carbocycles. The number of amides is 1. The third-order valence-electron chi connectivity index (χ3n) is 4.23. The molecular weight excluding hydrogens is 334 g/mol. The van der Waals surface area contributed by atoms with Crippen molar-refractivity contribution in [3.63, 3.8) is 0 Å². The third kappa shape index (κ3) is 4.37. The van der Waals surface area contributed by atoms with Crippen LogP contribution in [-0.2, 0) is 0 Å². The fourth-order valence-corrected chi connectivity index (χ4v) is 2.81. The Labute approximate surface area is 152 Å². The molecule has 0 unspecified atom stereocenters. The molecule has 26 heavy (non-hydrogen) atoms. The molecule has 0 aliphatic carbocycles. The average molecular weight is 357 g/mol. The van der Waals surface area contributed by atoms with Crippen molar-refractivity contribution in [2.24, 2.45) is 0 Å². The van der Waals surface area contributed by atoms with Gasteiger partial charge in [0.1, 0.15) is 5.75 Å². The van der Waals surface area contributed by atoms with E-state index >= 15 is 0 Å². The summed E-state index contributed by atoms with van der Waals surface area (Å²) < 4.78 is 5.42. The topological polar surface area (TPSA) is 84.7 Å². The summed E-state index contributed by atoms with van der Waals surface area (Å²) in [5, 5.41) is 13.8. The maximum atomic E-state index is 12.5. The summed E-state index contributed by atoms with van der Waals surface area (Å²) in [4.78, 5) is 24.9. The van der Waals surface area contributed by atoms with Crippen molar-refractivity contribution < 1.29 is 14.5 Å². The van der Waals surface area contributed by atoms with E-state index in [0.717, 1.165) is 11.3 Å². The van der Waals surface area contributed by atoms with Crippen LogP contribution in [0.5, 0.6) is 5.75 Å². The van der Waals surface area contributed by atoms with Gasteiger partial charge in [0.2, 0.25) is 0 Å². The first kappa shape index (κ1) is 19.4. The Morgan fingerprint density at radius 3 is 2.54 bits per heavy atom. The van der Waals surface area contributed by atoms with E-state index in [1.165, 1.54) is 18.2 Å². The van der Waals surface area contributed by atoms with E-state index in [2.05, 4.69) is 5.32 Å². The molecule has 0 heterocycles. The number of ether oxygens (including phenoxy) is 1. The number of carbonyl (C=O) groups is 1. The first-order valence-electron chi connectivity index (χ1n) is 8.17. The molecule has 2 rings (SSSR count). The Morgan fingerprint density at radius 1 is 1.27 bits per heavy atom. The van der Waals surface area contributed by atoms with E-state index in [0.29, 0.717) is 17.7 Å². The van der Waals surface area contributed by atoms with Crippen molar-refractivity contribution in [2.45, 2.75) is 13.0 Å². The highest BCUT2D eigenvalue weighted by Gasteiger charge is 2.20. The smallest absolute Gasteiger partial charge is 0.272 e. The van der Waals surface area contributed by atoms with Crippen LogP contribution in [0.4, 0.5) is 5.69 Å². The van der Waals surface area contributed by atoms with Crippen LogP contribution in [0, 0.1) is 17.0 Å². The van der Waals surface area contributed by atoms with Gasteiger partial charge in [-0.3, -0.25) is 14.9 Å². The minimum absolute atomic E-state index is 0.00161. The second-order valence-corrected chi connectivity index (χ2v) is 6.19. The highest BCUT2D eigenvalue weighted by Crippen LogP contribution is 2.27. The lowest BCUT2D eigenvalue weighted by atomic mass is 10.0. The average Bonchev–Trinajstić information content (AvgIpc) is 2.61. The summed E-state index contributed by atoms with van der Waals surface area (Å²) in [6, 6.07) is 11.9. The number of rotatable bonds is 7. The van der Waals surface area contributed by atoms with Gasteiger partial charge in [-0.2, -0.15) is 0 Å². The standard InChI is InChI=1S/C19H23N3O4/c1-13-11-14(9-10-16(13)22(24)25)19(23)20-12-17(21(2)3)15-7-5-6-8-18(15)26-4/h5-11,17H,12H2,1-4H3,(H,20,23)/t17-/m1/s1. The lowest BCUT2D eigenvalue weighted by molar-refractivity contribution is -0.385. The molecule has 1 amide bonds. The summed E-state index contributed by atoms with van der Waals surface area (Å²) in [5.74, 6) is 0.483. The number of carbonyl (C=O) groups excluding carboxylic acids is 1. The highest BCUT2D eigenvalue weighted by atomic mass is 16.6. The Morgan fingerprint density at radius 2 is 1.96 bits per heavy atom. The molecule has 7 nitrogen and oxygen atoms in total. The maximum Gasteiger partial charge on any atom is 0.272 e. The number of aryl methyl sites for hydroxylation is 1. The molecule has 0 saturated heterocycles. The summed E-state index contributed by atoms with van der Waals surface area (Å²) in [5.41, 5.74) is 1.82. The summed E-state index contributed by atoms with van der Waals surface area (Å²) in [6.07, 6.45) is 0. The van der Waals surface area contributed by atoms with Gasteiger partial charge in [-0.15, -0.1) is 0 Å². The first-order valence-corrected chi connectivity index (χ1v) is 8.17. The fraction of sp³-hybridized carbons (Fsp3) is 0.316. The number of nitro groups is 1. The molecule has 0 bridgehead atoms. The molecule has 0 radical (unpaired) electrons. The molecule has 1 atom stereocenters. The van der Waals surface area contributed by atoms with Gasteiger partial charge >= 0.3 is 0 Å².